The Hall–Kier alpha value is -0.340. The Labute approximate surface area is 122 Å². The maximum atomic E-state index is 13.6. The highest BCUT2D eigenvalue weighted by Gasteiger charge is 2.23. The minimum absolute atomic E-state index is 0.0202. The van der Waals surface area contributed by atoms with Gasteiger partial charge in [-0.05, 0) is 24.0 Å². The van der Waals surface area contributed by atoms with Crippen molar-refractivity contribution in [2.24, 2.45) is 5.73 Å². The van der Waals surface area contributed by atoms with Crippen molar-refractivity contribution in [2.75, 3.05) is 25.6 Å². The first-order chi connectivity index (χ1) is 8.84. The van der Waals surface area contributed by atoms with Crippen LogP contribution < -0.4 is 5.73 Å². The highest BCUT2D eigenvalue weighted by Crippen LogP contribution is 2.25. The lowest BCUT2D eigenvalue weighted by molar-refractivity contribution is 0.487. The van der Waals surface area contributed by atoms with E-state index in [1.165, 1.54) is 29.2 Å². The second-order valence-electron chi connectivity index (χ2n) is 3.90. The molecule has 0 aliphatic heterocycles. The van der Waals surface area contributed by atoms with Gasteiger partial charge in [0, 0.05) is 25.9 Å². The van der Waals surface area contributed by atoms with E-state index in [0.717, 1.165) is 6.07 Å². The summed E-state index contributed by atoms with van der Waals surface area (Å²) in [6.45, 7) is 0.333. The van der Waals surface area contributed by atoms with Crippen LogP contribution in [0.3, 0.4) is 0 Å². The molecular weight excluding hydrogens is 311 g/mol. The monoisotopic (exact) mass is 326 g/mol. The summed E-state index contributed by atoms with van der Waals surface area (Å²) in [4.78, 5) is -0.126. The predicted octanol–water partition coefficient (Wildman–Crippen LogP) is 1.92. The van der Waals surface area contributed by atoms with Gasteiger partial charge < -0.3 is 5.73 Å². The first-order valence-electron chi connectivity index (χ1n) is 5.47. The van der Waals surface area contributed by atoms with Gasteiger partial charge in [-0.3, -0.25) is 0 Å². The van der Waals surface area contributed by atoms with Crippen LogP contribution in [0, 0.1) is 5.82 Å². The largest absolute Gasteiger partial charge is 0.326 e. The first kappa shape index (κ1) is 16.7. The van der Waals surface area contributed by atoms with Gasteiger partial charge in [-0.1, -0.05) is 11.6 Å². The molecule has 0 amide bonds. The van der Waals surface area contributed by atoms with Crippen LogP contribution in [0.2, 0.25) is 5.02 Å². The lowest BCUT2D eigenvalue weighted by Crippen LogP contribution is -2.29. The van der Waals surface area contributed by atoms with Gasteiger partial charge in [-0.25, -0.2) is 17.1 Å². The highest BCUT2D eigenvalue weighted by atomic mass is 35.5. The summed E-state index contributed by atoms with van der Waals surface area (Å²) in [5, 5.41) is -0.131. The molecule has 0 fully saturated rings. The molecule has 0 aliphatic carbocycles. The molecule has 0 heterocycles. The number of sulfonamides is 1. The van der Waals surface area contributed by atoms with Crippen LogP contribution in [0.1, 0.15) is 5.56 Å². The van der Waals surface area contributed by atoms with Crippen molar-refractivity contribution in [2.45, 2.75) is 11.4 Å². The van der Waals surface area contributed by atoms with Gasteiger partial charge in [0.25, 0.3) is 0 Å². The fourth-order valence-electron chi connectivity index (χ4n) is 1.44. The smallest absolute Gasteiger partial charge is 0.242 e. The van der Waals surface area contributed by atoms with Crippen molar-refractivity contribution in [3.63, 3.8) is 0 Å². The van der Waals surface area contributed by atoms with E-state index in [0.29, 0.717) is 12.3 Å². The second kappa shape index (κ2) is 6.90. The lowest BCUT2D eigenvalue weighted by Gasteiger charge is -2.17. The molecule has 1 aromatic carbocycles. The first-order valence-corrected chi connectivity index (χ1v) is 8.69. The number of nitrogens with two attached hydrogens (primary N) is 1. The Morgan fingerprint density at radius 2 is 2.11 bits per heavy atom. The van der Waals surface area contributed by atoms with Gasteiger partial charge in [0.1, 0.15) is 5.82 Å². The summed E-state index contributed by atoms with van der Waals surface area (Å²) in [6, 6.07) is 2.24. The molecule has 108 valence electrons. The minimum Gasteiger partial charge on any atom is -0.326 e. The Kier molecular flexibility index (Phi) is 6.07. The quantitative estimate of drug-likeness (QED) is 0.867. The molecule has 0 spiro atoms. The molecule has 0 saturated carbocycles. The predicted molar refractivity (Wildman–Crippen MR) is 77.5 cm³/mol. The van der Waals surface area contributed by atoms with Crippen LogP contribution >= 0.6 is 23.4 Å². The van der Waals surface area contributed by atoms with Gasteiger partial charge in [0.15, 0.2) is 0 Å². The van der Waals surface area contributed by atoms with E-state index in [4.69, 9.17) is 17.3 Å². The molecule has 0 aromatic heterocycles. The summed E-state index contributed by atoms with van der Waals surface area (Å²) in [5.41, 5.74) is 5.70. The summed E-state index contributed by atoms with van der Waals surface area (Å²) in [5.74, 6) is -0.114. The Morgan fingerprint density at radius 3 is 2.63 bits per heavy atom. The van der Waals surface area contributed by atoms with E-state index in [-0.39, 0.29) is 22.0 Å². The normalized spacial score (nSPS) is 12.1. The average Bonchev–Trinajstić information content (AvgIpc) is 2.38. The Morgan fingerprint density at radius 1 is 1.47 bits per heavy atom. The summed E-state index contributed by atoms with van der Waals surface area (Å²) < 4.78 is 39.3. The number of thioether (sulfide) groups is 1. The molecule has 0 radical (unpaired) electrons. The van der Waals surface area contributed by atoms with Crippen molar-refractivity contribution in [1.82, 2.24) is 4.31 Å². The molecule has 4 nitrogen and oxygen atoms in total. The molecule has 2 N–H and O–H groups in total. The average molecular weight is 327 g/mol. The molecule has 8 heteroatoms. The number of benzene rings is 1. The molecule has 1 rings (SSSR count). The van der Waals surface area contributed by atoms with E-state index in [2.05, 4.69) is 0 Å². The molecule has 0 bridgehead atoms. The van der Waals surface area contributed by atoms with Gasteiger partial charge in [0.05, 0.1) is 9.92 Å². The van der Waals surface area contributed by atoms with Crippen LogP contribution in [-0.2, 0) is 16.6 Å². The van der Waals surface area contributed by atoms with Crippen LogP contribution in [0.4, 0.5) is 4.39 Å². The molecule has 19 heavy (non-hydrogen) atoms. The van der Waals surface area contributed by atoms with Gasteiger partial charge in [0.2, 0.25) is 10.0 Å². The van der Waals surface area contributed by atoms with Gasteiger partial charge in [-0.2, -0.15) is 11.8 Å². The molecule has 0 aliphatic rings. The van der Waals surface area contributed by atoms with Crippen LogP contribution in [0.5, 0.6) is 0 Å². The minimum atomic E-state index is -3.72. The number of nitrogens with zero attached hydrogens (tertiary/aromatic N) is 1. The fraction of sp³-hybridized carbons (Fsp3) is 0.455. The molecule has 0 atom stereocenters. The standard InChI is InChI=1S/C11H16ClFN2O2S2/c1-15(3-4-18-2)19(16,17)9-5-8(7-14)11(12)10(13)6-9/h5-6H,3-4,7,14H2,1-2H3. The van der Waals surface area contributed by atoms with Gasteiger partial charge in [-0.15, -0.1) is 0 Å². The van der Waals surface area contributed by atoms with E-state index in [1.54, 1.807) is 0 Å². The number of hydrogen-bond acceptors (Lipinski definition) is 4. The number of halogens is 2. The van der Waals surface area contributed by atoms with Crippen LogP contribution in [0.25, 0.3) is 0 Å². The number of rotatable bonds is 6. The fourth-order valence-corrected chi connectivity index (χ4v) is 3.43. The molecule has 1 aromatic rings. The van der Waals surface area contributed by atoms with Crippen molar-refractivity contribution >= 4 is 33.4 Å². The maximum Gasteiger partial charge on any atom is 0.242 e. The van der Waals surface area contributed by atoms with Crippen molar-refractivity contribution in [1.29, 1.82) is 0 Å². The third kappa shape index (κ3) is 3.82. The zero-order chi connectivity index (χ0) is 14.6. The second-order valence-corrected chi connectivity index (χ2v) is 7.31. The molecular formula is C11H16ClFN2O2S2. The van der Waals surface area contributed by atoms with Crippen LogP contribution in [-0.4, -0.2) is 38.3 Å². The van der Waals surface area contributed by atoms with E-state index >= 15 is 0 Å². The van der Waals surface area contributed by atoms with Crippen molar-refractivity contribution < 1.29 is 12.8 Å². The zero-order valence-electron chi connectivity index (χ0n) is 10.7. The lowest BCUT2D eigenvalue weighted by atomic mass is 10.2. The summed E-state index contributed by atoms with van der Waals surface area (Å²) >= 11 is 7.25. The van der Waals surface area contributed by atoms with Crippen molar-refractivity contribution in [3.05, 3.63) is 28.5 Å². The Bertz CT molecular complexity index is 552. The van der Waals surface area contributed by atoms with E-state index < -0.39 is 15.8 Å². The van der Waals surface area contributed by atoms with Crippen molar-refractivity contribution in [3.8, 4) is 0 Å². The number of hydrogen-bond donors (Lipinski definition) is 1. The van der Waals surface area contributed by atoms with Gasteiger partial charge >= 0.3 is 0 Å². The van der Waals surface area contributed by atoms with E-state index in [9.17, 15) is 12.8 Å². The Balaban J connectivity index is 3.18. The zero-order valence-corrected chi connectivity index (χ0v) is 13.1. The van der Waals surface area contributed by atoms with Crippen LogP contribution in [0.15, 0.2) is 17.0 Å². The highest BCUT2D eigenvalue weighted by molar-refractivity contribution is 7.98. The maximum absolute atomic E-state index is 13.6. The SMILES string of the molecule is CSCCN(C)S(=O)(=O)c1cc(F)c(Cl)c(CN)c1. The summed E-state index contributed by atoms with van der Waals surface area (Å²) in [6.07, 6.45) is 1.88. The molecule has 0 saturated heterocycles. The topological polar surface area (TPSA) is 63.4 Å². The molecule has 0 unspecified atom stereocenters. The van der Waals surface area contributed by atoms with E-state index in [1.807, 2.05) is 6.26 Å². The summed E-state index contributed by atoms with van der Waals surface area (Å²) in [7, 11) is -2.26. The third-order valence-electron chi connectivity index (χ3n) is 2.62. The third-order valence-corrected chi connectivity index (χ3v) is 5.46.